The third kappa shape index (κ3) is 1.94. The summed E-state index contributed by atoms with van der Waals surface area (Å²) >= 11 is 0. The summed E-state index contributed by atoms with van der Waals surface area (Å²) in [4.78, 5) is 2.36. The molecule has 72 valence electrons. The Morgan fingerprint density at radius 3 is 2.14 bits per heavy atom. The van der Waals surface area contributed by atoms with Gasteiger partial charge in [-0.1, -0.05) is 43.5 Å². The van der Waals surface area contributed by atoms with Crippen molar-refractivity contribution in [3.05, 3.63) is 60.2 Å². The van der Waals surface area contributed by atoms with Crippen molar-refractivity contribution in [3.8, 4) is 0 Å². The highest BCUT2D eigenvalue weighted by molar-refractivity contribution is 5.33. The highest BCUT2D eigenvalue weighted by Crippen LogP contribution is 2.19. The Kier molecular flexibility index (Phi) is 2.51. The van der Waals surface area contributed by atoms with Crippen LogP contribution in [-0.2, 0) is 6.54 Å². The summed E-state index contributed by atoms with van der Waals surface area (Å²) in [6.07, 6.45) is 0. The first-order valence-electron chi connectivity index (χ1n) is 4.88. The fraction of sp³-hybridized carbons (Fsp3) is 0.231. The van der Waals surface area contributed by atoms with E-state index in [9.17, 15) is 0 Å². The lowest BCUT2D eigenvalue weighted by Crippen LogP contribution is -2.18. The maximum Gasteiger partial charge on any atom is 0.0240 e. The van der Waals surface area contributed by atoms with Gasteiger partial charge in [-0.2, -0.15) is 0 Å². The number of benzene rings is 1. The van der Waals surface area contributed by atoms with E-state index in [-0.39, 0.29) is 0 Å². The van der Waals surface area contributed by atoms with E-state index in [0.717, 1.165) is 19.6 Å². The Morgan fingerprint density at radius 1 is 1.00 bits per heavy atom. The molecule has 0 spiro atoms. The van der Waals surface area contributed by atoms with Gasteiger partial charge < -0.3 is 0 Å². The standard InChI is InChI=1S/C13H15N/c1-11-8-14(9-12(11)2)10-13-6-4-3-5-7-13/h3-7H,1-2,8-10H2. The predicted molar refractivity (Wildman–Crippen MR) is 60.0 cm³/mol. The van der Waals surface area contributed by atoms with E-state index in [4.69, 9.17) is 0 Å². The Hall–Kier alpha value is -1.34. The van der Waals surface area contributed by atoms with Crippen LogP contribution in [0.4, 0.5) is 0 Å². The predicted octanol–water partition coefficient (Wildman–Crippen LogP) is 2.61. The average Bonchev–Trinajstić information content (AvgIpc) is 2.47. The van der Waals surface area contributed by atoms with Crippen LogP contribution in [0.2, 0.25) is 0 Å². The van der Waals surface area contributed by atoms with Crippen LogP contribution >= 0.6 is 0 Å². The minimum atomic E-state index is 0.966. The highest BCUT2D eigenvalue weighted by atomic mass is 15.1. The van der Waals surface area contributed by atoms with Gasteiger partial charge >= 0.3 is 0 Å². The number of likely N-dealkylation sites (tertiary alicyclic amines) is 1. The molecule has 14 heavy (non-hydrogen) atoms. The van der Waals surface area contributed by atoms with Crippen LogP contribution in [0, 0.1) is 0 Å². The van der Waals surface area contributed by atoms with Crippen molar-refractivity contribution in [2.75, 3.05) is 13.1 Å². The lowest BCUT2D eigenvalue weighted by atomic mass is 10.2. The molecule has 2 rings (SSSR count). The van der Waals surface area contributed by atoms with Crippen molar-refractivity contribution in [3.63, 3.8) is 0 Å². The van der Waals surface area contributed by atoms with Crippen molar-refractivity contribution in [1.82, 2.24) is 4.90 Å². The lowest BCUT2D eigenvalue weighted by Gasteiger charge is -2.13. The molecule has 0 saturated carbocycles. The summed E-state index contributed by atoms with van der Waals surface area (Å²) < 4.78 is 0. The van der Waals surface area contributed by atoms with Crippen molar-refractivity contribution in [2.24, 2.45) is 0 Å². The molecule has 1 heteroatoms. The molecule has 0 unspecified atom stereocenters. The smallest absolute Gasteiger partial charge is 0.0240 e. The maximum atomic E-state index is 3.99. The molecule has 0 amide bonds. The minimum Gasteiger partial charge on any atom is -0.291 e. The van der Waals surface area contributed by atoms with E-state index in [1.54, 1.807) is 0 Å². The summed E-state index contributed by atoms with van der Waals surface area (Å²) in [5, 5.41) is 0. The fourth-order valence-corrected chi connectivity index (χ4v) is 1.77. The Morgan fingerprint density at radius 2 is 1.57 bits per heavy atom. The zero-order chi connectivity index (χ0) is 9.97. The van der Waals surface area contributed by atoms with E-state index in [1.165, 1.54) is 16.7 Å². The van der Waals surface area contributed by atoms with Gasteiger partial charge in [0.05, 0.1) is 0 Å². The van der Waals surface area contributed by atoms with E-state index in [2.05, 4.69) is 42.3 Å². The quantitative estimate of drug-likeness (QED) is 0.684. The van der Waals surface area contributed by atoms with Crippen LogP contribution in [0.1, 0.15) is 5.56 Å². The summed E-state index contributed by atoms with van der Waals surface area (Å²) in [6.45, 7) is 10.9. The molecule has 1 aromatic carbocycles. The zero-order valence-corrected chi connectivity index (χ0v) is 8.37. The molecule has 0 N–H and O–H groups in total. The molecule has 0 atom stereocenters. The summed E-state index contributed by atoms with van der Waals surface area (Å²) in [5.41, 5.74) is 3.72. The first-order chi connectivity index (χ1) is 6.75. The van der Waals surface area contributed by atoms with Gasteiger partial charge in [0.25, 0.3) is 0 Å². The first kappa shape index (κ1) is 9.22. The lowest BCUT2D eigenvalue weighted by molar-refractivity contribution is 0.347. The van der Waals surface area contributed by atoms with Gasteiger partial charge in [0.15, 0.2) is 0 Å². The van der Waals surface area contributed by atoms with E-state index in [1.807, 2.05) is 6.07 Å². The van der Waals surface area contributed by atoms with Gasteiger partial charge in [-0.15, -0.1) is 0 Å². The minimum absolute atomic E-state index is 0.966. The van der Waals surface area contributed by atoms with Gasteiger partial charge in [0.2, 0.25) is 0 Å². The second-order valence-corrected chi connectivity index (χ2v) is 3.84. The molecule has 1 fully saturated rings. The first-order valence-corrected chi connectivity index (χ1v) is 4.88. The monoisotopic (exact) mass is 185 g/mol. The SMILES string of the molecule is C=C1CN(Cc2ccccc2)CC1=C. The van der Waals surface area contributed by atoms with Crippen LogP contribution in [0.15, 0.2) is 54.6 Å². The Labute approximate surface area is 85.4 Å². The van der Waals surface area contributed by atoms with E-state index < -0.39 is 0 Å². The van der Waals surface area contributed by atoms with Crippen LogP contribution < -0.4 is 0 Å². The molecule has 1 saturated heterocycles. The molecule has 1 nitrogen and oxygen atoms in total. The molecular weight excluding hydrogens is 170 g/mol. The zero-order valence-electron chi connectivity index (χ0n) is 8.37. The number of hydrogen-bond donors (Lipinski definition) is 0. The van der Waals surface area contributed by atoms with Crippen LogP contribution in [0.25, 0.3) is 0 Å². The fourth-order valence-electron chi connectivity index (χ4n) is 1.77. The van der Waals surface area contributed by atoms with Crippen molar-refractivity contribution in [1.29, 1.82) is 0 Å². The van der Waals surface area contributed by atoms with E-state index in [0.29, 0.717) is 0 Å². The number of nitrogens with zero attached hydrogens (tertiary/aromatic N) is 1. The molecule has 1 aromatic rings. The maximum absolute atomic E-state index is 3.99. The molecule has 0 radical (unpaired) electrons. The molecular formula is C13H15N. The van der Waals surface area contributed by atoms with Gasteiger partial charge in [-0.25, -0.2) is 0 Å². The Balaban J connectivity index is 2.00. The van der Waals surface area contributed by atoms with Crippen LogP contribution in [-0.4, -0.2) is 18.0 Å². The van der Waals surface area contributed by atoms with Crippen LogP contribution in [0.5, 0.6) is 0 Å². The second-order valence-electron chi connectivity index (χ2n) is 3.84. The topological polar surface area (TPSA) is 3.24 Å². The summed E-state index contributed by atoms with van der Waals surface area (Å²) in [7, 11) is 0. The highest BCUT2D eigenvalue weighted by Gasteiger charge is 2.17. The van der Waals surface area contributed by atoms with Gasteiger partial charge in [-0.3, -0.25) is 4.90 Å². The molecule has 1 aliphatic heterocycles. The summed E-state index contributed by atoms with van der Waals surface area (Å²) in [5.74, 6) is 0. The van der Waals surface area contributed by atoms with Gasteiger partial charge in [-0.05, 0) is 16.7 Å². The Bertz CT molecular complexity index is 335. The largest absolute Gasteiger partial charge is 0.291 e. The van der Waals surface area contributed by atoms with Gasteiger partial charge in [0, 0.05) is 19.6 Å². The van der Waals surface area contributed by atoms with Crippen molar-refractivity contribution in [2.45, 2.75) is 6.54 Å². The van der Waals surface area contributed by atoms with Crippen molar-refractivity contribution < 1.29 is 0 Å². The molecule has 1 aliphatic rings. The van der Waals surface area contributed by atoms with Crippen LogP contribution in [0.3, 0.4) is 0 Å². The number of rotatable bonds is 2. The average molecular weight is 185 g/mol. The van der Waals surface area contributed by atoms with E-state index >= 15 is 0 Å². The van der Waals surface area contributed by atoms with Crippen molar-refractivity contribution >= 4 is 0 Å². The normalized spacial score (nSPS) is 17.7. The summed E-state index contributed by atoms with van der Waals surface area (Å²) in [6, 6.07) is 10.5. The third-order valence-corrected chi connectivity index (χ3v) is 2.58. The third-order valence-electron chi connectivity index (χ3n) is 2.58. The molecule has 1 heterocycles. The molecule has 0 aliphatic carbocycles. The molecule has 0 aromatic heterocycles. The second kappa shape index (κ2) is 3.81. The molecule has 0 bridgehead atoms. The number of hydrogen-bond acceptors (Lipinski definition) is 1. The van der Waals surface area contributed by atoms with Gasteiger partial charge in [0.1, 0.15) is 0 Å².